The highest BCUT2D eigenvalue weighted by molar-refractivity contribution is 4.98. The molecule has 13 heavy (non-hydrogen) atoms. The molecule has 2 saturated carbocycles. The molecule has 76 valence electrons. The maximum absolute atomic E-state index is 5.63. The first-order valence-electron chi connectivity index (χ1n) is 5.71. The minimum atomic E-state index is 0.539. The summed E-state index contributed by atoms with van der Waals surface area (Å²) in [4.78, 5) is 0. The van der Waals surface area contributed by atoms with Crippen LogP contribution >= 0.6 is 0 Å². The SMILES string of the molecule is CC1(C(CC2CCCC2)NN)CC1. The van der Waals surface area contributed by atoms with E-state index < -0.39 is 0 Å². The molecule has 0 radical (unpaired) electrons. The monoisotopic (exact) mass is 182 g/mol. The van der Waals surface area contributed by atoms with Crippen LogP contribution in [-0.4, -0.2) is 6.04 Å². The summed E-state index contributed by atoms with van der Waals surface area (Å²) in [5, 5.41) is 0. The lowest BCUT2D eigenvalue weighted by Gasteiger charge is -2.25. The molecule has 0 saturated heterocycles. The highest BCUT2D eigenvalue weighted by atomic mass is 15.2. The van der Waals surface area contributed by atoms with Gasteiger partial charge in [-0.3, -0.25) is 11.3 Å². The molecule has 0 aromatic carbocycles. The van der Waals surface area contributed by atoms with E-state index >= 15 is 0 Å². The molecule has 1 atom stereocenters. The molecule has 0 aromatic heterocycles. The van der Waals surface area contributed by atoms with Gasteiger partial charge in [0, 0.05) is 6.04 Å². The van der Waals surface area contributed by atoms with Gasteiger partial charge in [-0.1, -0.05) is 32.6 Å². The summed E-state index contributed by atoms with van der Waals surface area (Å²) in [6.45, 7) is 2.37. The van der Waals surface area contributed by atoms with Gasteiger partial charge in [-0.25, -0.2) is 0 Å². The third kappa shape index (κ3) is 2.05. The minimum absolute atomic E-state index is 0.539. The van der Waals surface area contributed by atoms with Gasteiger partial charge >= 0.3 is 0 Å². The molecule has 1 unspecified atom stereocenters. The molecule has 0 heterocycles. The van der Waals surface area contributed by atoms with Gasteiger partial charge < -0.3 is 0 Å². The largest absolute Gasteiger partial charge is 0.271 e. The molecule has 0 amide bonds. The van der Waals surface area contributed by atoms with Crippen molar-refractivity contribution in [3.8, 4) is 0 Å². The van der Waals surface area contributed by atoms with Crippen molar-refractivity contribution >= 4 is 0 Å². The van der Waals surface area contributed by atoms with Crippen molar-refractivity contribution < 1.29 is 0 Å². The Kier molecular flexibility index (Phi) is 2.61. The van der Waals surface area contributed by atoms with Gasteiger partial charge in [0.15, 0.2) is 0 Å². The summed E-state index contributed by atoms with van der Waals surface area (Å²) in [6, 6.07) is 0.579. The number of hydrogen-bond donors (Lipinski definition) is 2. The molecule has 2 aliphatic rings. The fourth-order valence-corrected chi connectivity index (χ4v) is 2.68. The lowest BCUT2D eigenvalue weighted by Crippen LogP contribution is -2.42. The zero-order valence-electron chi connectivity index (χ0n) is 8.68. The van der Waals surface area contributed by atoms with Gasteiger partial charge in [-0.05, 0) is 30.6 Å². The van der Waals surface area contributed by atoms with Crippen molar-refractivity contribution in [2.75, 3.05) is 0 Å². The number of hydrogen-bond acceptors (Lipinski definition) is 2. The average Bonchev–Trinajstić information content (AvgIpc) is 2.70. The van der Waals surface area contributed by atoms with Gasteiger partial charge in [0.25, 0.3) is 0 Å². The third-order valence-electron chi connectivity index (χ3n) is 4.12. The van der Waals surface area contributed by atoms with Crippen molar-refractivity contribution in [2.24, 2.45) is 17.2 Å². The highest BCUT2D eigenvalue weighted by Gasteiger charge is 2.44. The quantitative estimate of drug-likeness (QED) is 0.516. The second-order valence-corrected chi connectivity index (χ2v) is 5.26. The van der Waals surface area contributed by atoms with E-state index in [2.05, 4.69) is 12.3 Å². The van der Waals surface area contributed by atoms with Crippen LogP contribution in [0.15, 0.2) is 0 Å². The van der Waals surface area contributed by atoms with Gasteiger partial charge in [-0.15, -0.1) is 0 Å². The van der Waals surface area contributed by atoms with E-state index in [0.717, 1.165) is 5.92 Å². The lowest BCUT2D eigenvalue weighted by molar-refractivity contribution is 0.293. The first-order valence-corrected chi connectivity index (χ1v) is 5.71. The summed E-state index contributed by atoms with van der Waals surface area (Å²) in [5.74, 6) is 6.58. The van der Waals surface area contributed by atoms with Gasteiger partial charge in [0.1, 0.15) is 0 Å². The molecule has 2 aliphatic carbocycles. The number of rotatable bonds is 4. The normalized spacial score (nSPS) is 29.1. The van der Waals surface area contributed by atoms with Crippen LogP contribution in [0, 0.1) is 11.3 Å². The summed E-state index contributed by atoms with van der Waals surface area (Å²) in [5.41, 5.74) is 3.57. The van der Waals surface area contributed by atoms with Crippen molar-refractivity contribution in [2.45, 2.75) is 57.9 Å². The number of hydrazine groups is 1. The van der Waals surface area contributed by atoms with Crippen LogP contribution in [0.25, 0.3) is 0 Å². The van der Waals surface area contributed by atoms with Gasteiger partial charge in [-0.2, -0.15) is 0 Å². The summed E-state index contributed by atoms with van der Waals surface area (Å²) in [7, 11) is 0. The van der Waals surface area contributed by atoms with Crippen LogP contribution < -0.4 is 11.3 Å². The fraction of sp³-hybridized carbons (Fsp3) is 1.00. The van der Waals surface area contributed by atoms with Crippen molar-refractivity contribution in [3.05, 3.63) is 0 Å². The van der Waals surface area contributed by atoms with Crippen LogP contribution in [0.4, 0.5) is 0 Å². The lowest BCUT2D eigenvalue weighted by atomic mass is 9.89. The second kappa shape index (κ2) is 3.58. The van der Waals surface area contributed by atoms with Crippen molar-refractivity contribution in [1.82, 2.24) is 5.43 Å². The zero-order valence-corrected chi connectivity index (χ0v) is 8.68. The number of nitrogens with two attached hydrogens (primary N) is 1. The molecule has 2 rings (SSSR count). The Balaban J connectivity index is 1.83. The summed E-state index contributed by atoms with van der Waals surface area (Å²) in [6.07, 6.45) is 9.82. The molecule has 0 spiro atoms. The first kappa shape index (κ1) is 9.47. The molecule has 2 nitrogen and oxygen atoms in total. The Morgan fingerprint density at radius 3 is 2.46 bits per heavy atom. The van der Waals surface area contributed by atoms with E-state index in [4.69, 9.17) is 5.84 Å². The Bertz CT molecular complexity index is 169. The Morgan fingerprint density at radius 1 is 1.38 bits per heavy atom. The maximum atomic E-state index is 5.63. The van der Waals surface area contributed by atoms with Gasteiger partial charge in [0.2, 0.25) is 0 Å². The van der Waals surface area contributed by atoms with Crippen molar-refractivity contribution in [1.29, 1.82) is 0 Å². The van der Waals surface area contributed by atoms with E-state index in [-0.39, 0.29) is 0 Å². The van der Waals surface area contributed by atoms with Crippen LogP contribution in [0.2, 0.25) is 0 Å². The molecule has 0 aromatic rings. The highest BCUT2D eigenvalue weighted by Crippen LogP contribution is 2.50. The summed E-state index contributed by atoms with van der Waals surface area (Å²) < 4.78 is 0. The summed E-state index contributed by atoms with van der Waals surface area (Å²) >= 11 is 0. The Morgan fingerprint density at radius 2 is 2.00 bits per heavy atom. The van der Waals surface area contributed by atoms with Crippen LogP contribution in [0.5, 0.6) is 0 Å². The van der Waals surface area contributed by atoms with E-state index in [1.165, 1.54) is 44.9 Å². The maximum Gasteiger partial charge on any atom is 0.0266 e. The Labute approximate surface area is 81.2 Å². The fourth-order valence-electron chi connectivity index (χ4n) is 2.68. The van der Waals surface area contributed by atoms with E-state index in [1.54, 1.807) is 0 Å². The van der Waals surface area contributed by atoms with Crippen LogP contribution in [0.3, 0.4) is 0 Å². The molecule has 2 heteroatoms. The molecular weight excluding hydrogens is 160 g/mol. The van der Waals surface area contributed by atoms with Gasteiger partial charge in [0.05, 0.1) is 0 Å². The second-order valence-electron chi connectivity index (χ2n) is 5.26. The number of nitrogens with one attached hydrogen (secondary N) is 1. The molecular formula is C11H22N2. The molecule has 0 bridgehead atoms. The molecule has 0 aliphatic heterocycles. The topological polar surface area (TPSA) is 38.0 Å². The van der Waals surface area contributed by atoms with Crippen molar-refractivity contribution in [3.63, 3.8) is 0 Å². The third-order valence-corrected chi connectivity index (χ3v) is 4.12. The van der Waals surface area contributed by atoms with E-state index in [9.17, 15) is 0 Å². The predicted molar refractivity (Wildman–Crippen MR) is 55.0 cm³/mol. The van der Waals surface area contributed by atoms with E-state index in [0.29, 0.717) is 11.5 Å². The predicted octanol–water partition coefficient (Wildman–Crippen LogP) is 2.20. The minimum Gasteiger partial charge on any atom is -0.271 e. The van der Waals surface area contributed by atoms with Crippen LogP contribution in [0.1, 0.15) is 51.9 Å². The Hall–Kier alpha value is -0.0800. The first-order chi connectivity index (χ1) is 6.24. The molecule has 2 fully saturated rings. The van der Waals surface area contributed by atoms with E-state index in [1.807, 2.05) is 0 Å². The van der Waals surface area contributed by atoms with Crippen LogP contribution in [-0.2, 0) is 0 Å². The smallest absolute Gasteiger partial charge is 0.0266 e. The average molecular weight is 182 g/mol. The standard InChI is InChI=1S/C11H22N2/c1-11(6-7-11)10(13-12)8-9-4-2-3-5-9/h9-10,13H,2-8,12H2,1H3. The molecule has 3 N–H and O–H groups in total. The zero-order chi connectivity index (χ0) is 9.31.